The van der Waals surface area contributed by atoms with Crippen LogP contribution < -0.4 is 26.0 Å². The van der Waals surface area contributed by atoms with Gasteiger partial charge in [0, 0.05) is 30.1 Å². The molecule has 0 saturated carbocycles. The Hall–Kier alpha value is -6.04. The van der Waals surface area contributed by atoms with Gasteiger partial charge in [-0.05, 0) is 84.3 Å². The highest BCUT2D eigenvalue weighted by molar-refractivity contribution is 5.97. The fraction of sp³-hybridized carbons (Fsp3) is 0.238. The van der Waals surface area contributed by atoms with Crippen LogP contribution in [0.4, 0.5) is 17.1 Å². The standard InChI is InChI=1S/C42H45N5O6/c1-53-37-25-19-33(20-26-37)40(32-10-4-2-5-11-32)46(35-12-6-3-7-13-35)27-9-8-14-39(42(50)44-34-21-15-31(29-48)16-22-34)45-41(49)38(43)28-30-17-23-36(24-18-30)47(51)52/h2-7,10-13,15-26,38-40,48H,8-9,14,27-29,43H2,1H3,(H,44,50)(H,45,49)/t38-,39-,40?/m0/s1. The highest BCUT2D eigenvalue weighted by Gasteiger charge is 2.26. The summed E-state index contributed by atoms with van der Waals surface area (Å²) >= 11 is 0. The first-order chi connectivity index (χ1) is 25.7. The number of carbonyl (C=O) groups excluding carboxylic acids is 2. The van der Waals surface area contributed by atoms with E-state index in [0.717, 1.165) is 22.6 Å². The van der Waals surface area contributed by atoms with E-state index in [-0.39, 0.29) is 24.8 Å². The molecule has 0 heterocycles. The average molecular weight is 716 g/mol. The molecule has 53 heavy (non-hydrogen) atoms. The van der Waals surface area contributed by atoms with Crippen LogP contribution in [0, 0.1) is 10.1 Å². The van der Waals surface area contributed by atoms with E-state index in [1.54, 1.807) is 43.5 Å². The number of non-ortho nitro benzene ring substituents is 1. The highest BCUT2D eigenvalue weighted by Crippen LogP contribution is 2.34. The maximum absolute atomic E-state index is 13.7. The fourth-order valence-electron chi connectivity index (χ4n) is 6.20. The van der Waals surface area contributed by atoms with Crippen molar-refractivity contribution < 1.29 is 24.4 Å². The van der Waals surface area contributed by atoms with Crippen LogP contribution >= 0.6 is 0 Å². The number of anilines is 2. The first-order valence-corrected chi connectivity index (χ1v) is 17.6. The second-order valence-electron chi connectivity index (χ2n) is 12.8. The molecular formula is C42H45N5O6. The van der Waals surface area contributed by atoms with Crippen molar-refractivity contribution in [3.05, 3.63) is 166 Å². The quantitative estimate of drug-likeness (QED) is 0.0451. The maximum atomic E-state index is 13.7. The summed E-state index contributed by atoms with van der Waals surface area (Å²) in [4.78, 5) is 40.0. The smallest absolute Gasteiger partial charge is 0.269 e. The SMILES string of the molecule is COc1ccc(C(c2ccccc2)N(CCCC[C@H](NC(=O)[C@@H](N)Cc2ccc([N+](=O)[O-])cc2)C(=O)Nc2ccc(CO)cc2)c2ccccc2)cc1. The fourth-order valence-corrected chi connectivity index (χ4v) is 6.20. The maximum Gasteiger partial charge on any atom is 0.269 e. The van der Waals surface area contributed by atoms with Crippen molar-refractivity contribution in [2.45, 2.75) is 50.4 Å². The number of nitrogens with zero attached hydrogens (tertiary/aromatic N) is 2. The van der Waals surface area contributed by atoms with Crippen molar-refractivity contribution in [1.29, 1.82) is 0 Å². The van der Waals surface area contributed by atoms with Gasteiger partial charge in [0.25, 0.3) is 5.69 Å². The number of nitro groups is 1. The number of ether oxygens (including phenoxy) is 1. The topological polar surface area (TPSA) is 160 Å². The zero-order valence-electron chi connectivity index (χ0n) is 29.6. The van der Waals surface area contributed by atoms with Crippen molar-refractivity contribution >= 4 is 28.9 Å². The van der Waals surface area contributed by atoms with Gasteiger partial charge in [-0.2, -0.15) is 0 Å². The molecule has 3 atom stereocenters. The Morgan fingerprint density at radius 2 is 1.40 bits per heavy atom. The van der Waals surface area contributed by atoms with Gasteiger partial charge in [0.2, 0.25) is 11.8 Å². The highest BCUT2D eigenvalue weighted by atomic mass is 16.6. The molecule has 0 fully saturated rings. The Morgan fingerprint density at radius 1 is 0.792 bits per heavy atom. The molecule has 5 aromatic carbocycles. The van der Waals surface area contributed by atoms with E-state index in [0.29, 0.717) is 42.6 Å². The molecule has 274 valence electrons. The minimum absolute atomic E-state index is 0.0551. The number of aliphatic hydroxyl groups excluding tert-OH is 1. The molecule has 0 aliphatic carbocycles. The number of aliphatic hydroxyl groups is 1. The van der Waals surface area contributed by atoms with Crippen LogP contribution in [0.5, 0.6) is 5.75 Å². The molecule has 0 spiro atoms. The lowest BCUT2D eigenvalue weighted by Gasteiger charge is -2.35. The summed E-state index contributed by atoms with van der Waals surface area (Å²) in [6.07, 6.45) is 1.79. The Bertz CT molecular complexity index is 1910. The van der Waals surface area contributed by atoms with Gasteiger partial charge in [-0.3, -0.25) is 19.7 Å². The van der Waals surface area contributed by atoms with E-state index in [2.05, 4.69) is 51.9 Å². The summed E-state index contributed by atoms with van der Waals surface area (Å²) in [5.74, 6) is -0.123. The summed E-state index contributed by atoms with van der Waals surface area (Å²) in [6.45, 7) is 0.531. The Morgan fingerprint density at radius 3 is 2.00 bits per heavy atom. The lowest BCUT2D eigenvalue weighted by atomic mass is 9.95. The molecular weight excluding hydrogens is 670 g/mol. The number of benzene rings is 5. The number of methoxy groups -OCH3 is 1. The third-order valence-electron chi connectivity index (χ3n) is 9.06. The number of carbonyl (C=O) groups is 2. The first kappa shape index (κ1) is 38.2. The molecule has 2 amide bonds. The zero-order valence-corrected chi connectivity index (χ0v) is 29.6. The molecule has 0 aliphatic heterocycles. The Kier molecular flexibility index (Phi) is 13.7. The number of rotatable bonds is 18. The van der Waals surface area contributed by atoms with Crippen LogP contribution in [0.1, 0.15) is 47.6 Å². The minimum atomic E-state index is -0.986. The molecule has 5 rings (SSSR count). The number of nitrogens with one attached hydrogen (secondary N) is 2. The number of hydrogen-bond acceptors (Lipinski definition) is 8. The van der Waals surface area contributed by atoms with Crippen molar-refractivity contribution in [3.8, 4) is 5.75 Å². The molecule has 5 aromatic rings. The minimum Gasteiger partial charge on any atom is -0.497 e. The van der Waals surface area contributed by atoms with Crippen LogP contribution in [-0.4, -0.2) is 47.6 Å². The van der Waals surface area contributed by atoms with Gasteiger partial charge in [-0.1, -0.05) is 84.9 Å². The molecule has 0 bridgehead atoms. The third kappa shape index (κ3) is 10.7. The summed E-state index contributed by atoms with van der Waals surface area (Å²) in [5.41, 5.74) is 11.4. The summed E-state index contributed by atoms with van der Waals surface area (Å²) in [7, 11) is 1.65. The average Bonchev–Trinajstić information content (AvgIpc) is 3.19. The number of nitrogens with two attached hydrogens (primary N) is 1. The van der Waals surface area contributed by atoms with Crippen LogP contribution in [0.15, 0.2) is 133 Å². The van der Waals surface area contributed by atoms with Crippen molar-refractivity contribution in [2.24, 2.45) is 5.73 Å². The molecule has 11 heteroatoms. The van der Waals surface area contributed by atoms with E-state index >= 15 is 0 Å². The molecule has 0 radical (unpaired) electrons. The molecule has 11 nitrogen and oxygen atoms in total. The van der Waals surface area contributed by atoms with Gasteiger partial charge < -0.3 is 31.1 Å². The summed E-state index contributed by atoms with van der Waals surface area (Å²) in [5, 5.41) is 26.2. The number of amides is 2. The lowest BCUT2D eigenvalue weighted by Crippen LogP contribution is -2.50. The van der Waals surface area contributed by atoms with E-state index in [4.69, 9.17) is 10.5 Å². The Labute approximate surface area is 309 Å². The number of unbranched alkanes of at least 4 members (excludes halogenated alkanes) is 1. The monoisotopic (exact) mass is 715 g/mol. The van der Waals surface area contributed by atoms with Gasteiger partial charge in [0.15, 0.2) is 0 Å². The third-order valence-corrected chi connectivity index (χ3v) is 9.06. The number of nitro benzene ring substituents is 1. The van der Waals surface area contributed by atoms with Gasteiger partial charge in [0.05, 0.1) is 30.7 Å². The molecule has 0 aliphatic rings. The summed E-state index contributed by atoms with van der Waals surface area (Å²) in [6, 6.07) is 39.3. The van der Waals surface area contributed by atoms with Gasteiger partial charge in [-0.25, -0.2) is 0 Å². The van der Waals surface area contributed by atoms with Crippen LogP contribution in [0.3, 0.4) is 0 Å². The number of para-hydroxylation sites is 1. The van der Waals surface area contributed by atoms with Crippen LogP contribution in [0.2, 0.25) is 0 Å². The number of hydrogen-bond donors (Lipinski definition) is 4. The lowest BCUT2D eigenvalue weighted by molar-refractivity contribution is -0.384. The molecule has 0 saturated heterocycles. The van der Waals surface area contributed by atoms with E-state index in [9.17, 15) is 24.8 Å². The van der Waals surface area contributed by atoms with Gasteiger partial charge in [0.1, 0.15) is 11.8 Å². The van der Waals surface area contributed by atoms with E-state index < -0.39 is 28.8 Å². The second kappa shape index (κ2) is 19.0. The van der Waals surface area contributed by atoms with Gasteiger partial charge >= 0.3 is 0 Å². The van der Waals surface area contributed by atoms with Crippen molar-refractivity contribution in [2.75, 3.05) is 23.9 Å². The molecule has 5 N–H and O–H groups in total. The van der Waals surface area contributed by atoms with E-state index in [1.807, 2.05) is 48.5 Å². The predicted octanol–water partition coefficient (Wildman–Crippen LogP) is 6.56. The molecule has 0 aromatic heterocycles. The first-order valence-electron chi connectivity index (χ1n) is 17.6. The van der Waals surface area contributed by atoms with E-state index in [1.165, 1.54) is 12.1 Å². The largest absolute Gasteiger partial charge is 0.497 e. The van der Waals surface area contributed by atoms with Crippen molar-refractivity contribution in [1.82, 2.24) is 5.32 Å². The normalized spacial score (nSPS) is 12.6. The second-order valence-corrected chi connectivity index (χ2v) is 12.8. The van der Waals surface area contributed by atoms with Crippen LogP contribution in [0.25, 0.3) is 0 Å². The summed E-state index contributed by atoms with van der Waals surface area (Å²) < 4.78 is 5.44. The van der Waals surface area contributed by atoms with Gasteiger partial charge in [-0.15, -0.1) is 0 Å². The Balaban J connectivity index is 1.33. The van der Waals surface area contributed by atoms with Crippen LogP contribution in [-0.2, 0) is 22.6 Å². The van der Waals surface area contributed by atoms with Crippen molar-refractivity contribution in [3.63, 3.8) is 0 Å². The predicted molar refractivity (Wildman–Crippen MR) is 207 cm³/mol. The molecule has 1 unspecified atom stereocenters. The zero-order chi connectivity index (χ0) is 37.6.